The molecule has 3 rings (SSSR count). The standard InChI is InChI=1S/C18H14N4S/c1-23-18(21-12-19)22-16-8-6-13(7-9-16)15-10-14-4-2-3-5-17(14)20-11-15/h2-11H,1H3,(H,21,22). The van der Waals surface area contributed by atoms with E-state index in [4.69, 9.17) is 5.26 Å². The summed E-state index contributed by atoms with van der Waals surface area (Å²) in [6.07, 6.45) is 5.64. The third-order valence-electron chi connectivity index (χ3n) is 3.38. The van der Waals surface area contributed by atoms with Crippen LogP contribution in [-0.4, -0.2) is 16.4 Å². The lowest BCUT2D eigenvalue weighted by molar-refractivity contribution is 1.28. The summed E-state index contributed by atoms with van der Waals surface area (Å²) in [5, 5.41) is 12.9. The summed E-state index contributed by atoms with van der Waals surface area (Å²) in [6, 6.07) is 18.1. The first kappa shape index (κ1) is 15.1. The van der Waals surface area contributed by atoms with Gasteiger partial charge in [-0.25, -0.2) is 4.99 Å². The molecule has 1 N–H and O–H groups in total. The van der Waals surface area contributed by atoms with Crippen LogP contribution in [0.4, 0.5) is 5.69 Å². The van der Waals surface area contributed by atoms with E-state index in [0.29, 0.717) is 5.17 Å². The molecule has 0 unspecified atom stereocenters. The Morgan fingerprint density at radius 2 is 1.91 bits per heavy atom. The van der Waals surface area contributed by atoms with Crippen LogP contribution in [-0.2, 0) is 0 Å². The maximum absolute atomic E-state index is 8.66. The number of rotatable bonds is 2. The van der Waals surface area contributed by atoms with Crippen molar-refractivity contribution in [1.29, 1.82) is 5.26 Å². The van der Waals surface area contributed by atoms with Crippen LogP contribution in [0.15, 0.2) is 65.8 Å². The number of nitrogens with zero attached hydrogens (tertiary/aromatic N) is 3. The SMILES string of the molecule is CSC(=Nc1ccc(-c2cnc3ccccc3c2)cc1)NC#N. The van der Waals surface area contributed by atoms with Crippen LogP contribution in [0.5, 0.6) is 0 Å². The van der Waals surface area contributed by atoms with Crippen LogP contribution in [0.25, 0.3) is 22.0 Å². The summed E-state index contributed by atoms with van der Waals surface area (Å²) in [7, 11) is 0. The van der Waals surface area contributed by atoms with Gasteiger partial charge < -0.3 is 0 Å². The molecule has 1 heterocycles. The van der Waals surface area contributed by atoms with E-state index < -0.39 is 0 Å². The van der Waals surface area contributed by atoms with E-state index in [1.165, 1.54) is 11.8 Å². The van der Waals surface area contributed by atoms with Crippen LogP contribution in [0.2, 0.25) is 0 Å². The molecule has 0 amide bonds. The van der Waals surface area contributed by atoms with E-state index in [1.807, 2.05) is 61.1 Å². The number of pyridine rings is 1. The molecule has 0 fully saturated rings. The molecule has 0 aliphatic rings. The van der Waals surface area contributed by atoms with Gasteiger partial charge in [-0.2, -0.15) is 5.26 Å². The smallest absolute Gasteiger partial charge is 0.183 e. The number of fused-ring (bicyclic) bond motifs is 1. The highest BCUT2D eigenvalue weighted by Gasteiger charge is 2.02. The van der Waals surface area contributed by atoms with Crippen LogP contribution < -0.4 is 5.32 Å². The normalized spacial score (nSPS) is 11.2. The van der Waals surface area contributed by atoms with E-state index in [2.05, 4.69) is 27.4 Å². The molecule has 2 aromatic carbocycles. The van der Waals surface area contributed by atoms with Gasteiger partial charge in [0, 0.05) is 17.1 Å². The summed E-state index contributed by atoms with van der Waals surface area (Å²) in [6.45, 7) is 0. The number of nitrogens with one attached hydrogen (secondary N) is 1. The summed E-state index contributed by atoms with van der Waals surface area (Å²) < 4.78 is 0. The molecule has 0 radical (unpaired) electrons. The highest BCUT2D eigenvalue weighted by Crippen LogP contribution is 2.25. The molecule has 23 heavy (non-hydrogen) atoms. The monoisotopic (exact) mass is 318 g/mol. The van der Waals surface area contributed by atoms with Gasteiger partial charge in [-0.15, -0.1) is 0 Å². The van der Waals surface area contributed by atoms with Crippen molar-refractivity contribution in [2.24, 2.45) is 4.99 Å². The molecule has 0 saturated carbocycles. The Kier molecular flexibility index (Phi) is 4.55. The molecular weight excluding hydrogens is 304 g/mol. The molecule has 0 atom stereocenters. The van der Waals surface area contributed by atoms with E-state index >= 15 is 0 Å². The number of aliphatic imine (C=N–C) groups is 1. The Hall–Kier alpha value is -2.84. The number of benzene rings is 2. The van der Waals surface area contributed by atoms with Crippen LogP contribution in [0.3, 0.4) is 0 Å². The third kappa shape index (κ3) is 3.50. The fourth-order valence-corrected chi connectivity index (χ4v) is 2.59. The van der Waals surface area contributed by atoms with E-state index in [9.17, 15) is 0 Å². The summed E-state index contributed by atoms with van der Waals surface area (Å²) >= 11 is 1.40. The van der Waals surface area contributed by atoms with Gasteiger partial charge in [-0.1, -0.05) is 42.1 Å². The highest BCUT2D eigenvalue weighted by atomic mass is 32.2. The predicted octanol–water partition coefficient (Wildman–Crippen LogP) is 4.32. The average molecular weight is 318 g/mol. The Morgan fingerprint density at radius 1 is 1.13 bits per heavy atom. The summed E-state index contributed by atoms with van der Waals surface area (Å²) in [4.78, 5) is 8.87. The van der Waals surface area contributed by atoms with Crippen LogP contribution >= 0.6 is 11.8 Å². The van der Waals surface area contributed by atoms with E-state index in [-0.39, 0.29) is 0 Å². The Labute approximate surface area is 138 Å². The van der Waals surface area contributed by atoms with Crippen LogP contribution in [0, 0.1) is 11.5 Å². The van der Waals surface area contributed by atoms with Crippen molar-refractivity contribution in [3.8, 4) is 17.3 Å². The van der Waals surface area contributed by atoms with Gasteiger partial charge in [0.05, 0.1) is 11.2 Å². The largest absolute Gasteiger partial charge is 0.271 e. The Morgan fingerprint density at radius 3 is 2.65 bits per heavy atom. The molecule has 0 bridgehead atoms. The third-order valence-corrected chi connectivity index (χ3v) is 3.96. The quantitative estimate of drug-likeness (QED) is 0.331. The molecule has 0 aliphatic carbocycles. The molecule has 112 valence electrons. The summed E-state index contributed by atoms with van der Waals surface area (Å²) in [5.41, 5.74) is 3.94. The molecule has 5 heteroatoms. The second-order valence-electron chi connectivity index (χ2n) is 4.82. The zero-order valence-corrected chi connectivity index (χ0v) is 13.3. The number of para-hydroxylation sites is 1. The number of aromatic nitrogens is 1. The van der Waals surface area contributed by atoms with Crippen molar-refractivity contribution in [3.05, 3.63) is 60.8 Å². The van der Waals surface area contributed by atoms with Gasteiger partial charge in [0.2, 0.25) is 0 Å². The van der Waals surface area contributed by atoms with Gasteiger partial charge >= 0.3 is 0 Å². The van der Waals surface area contributed by atoms with Crippen molar-refractivity contribution in [2.45, 2.75) is 0 Å². The topological polar surface area (TPSA) is 61.1 Å². The maximum Gasteiger partial charge on any atom is 0.183 e. The Bertz CT molecular complexity index is 895. The van der Waals surface area contributed by atoms with Crippen molar-refractivity contribution < 1.29 is 0 Å². The number of hydrogen-bond donors (Lipinski definition) is 1. The molecule has 0 aliphatic heterocycles. The first-order valence-electron chi connectivity index (χ1n) is 7.03. The van der Waals surface area contributed by atoms with Crippen molar-refractivity contribution in [2.75, 3.05) is 6.26 Å². The maximum atomic E-state index is 8.66. The van der Waals surface area contributed by atoms with Crippen LogP contribution in [0.1, 0.15) is 0 Å². The van der Waals surface area contributed by atoms with Gasteiger partial charge in [0.1, 0.15) is 0 Å². The minimum atomic E-state index is 0.577. The van der Waals surface area contributed by atoms with E-state index in [1.54, 1.807) is 0 Å². The van der Waals surface area contributed by atoms with Gasteiger partial charge in [0.25, 0.3) is 0 Å². The number of amidine groups is 1. The molecule has 0 saturated heterocycles. The predicted molar refractivity (Wildman–Crippen MR) is 96.5 cm³/mol. The molecule has 3 aromatic rings. The van der Waals surface area contributed by atoms with Crippen molar-refractivity contribution in [3.63, 3.8) is 0 Å². The fraction of sp³-hybridized carbons (Fsp3) is 0.0556. The summed E-state index contributed by atoms with van der Waals surface area (Å²) in [5.74, 6) is 0. The zero-order chi connectivity index (χ0) is 16.1. The first-order valence-corrected chi connectivity index (χ1v) is 8.25. The second-order valence-corrected chi connectivity index (χ2v) is 5.62. The number of hydrogen-bond acceptors (Lipinski definition) is 4. The van der Waals surface area contributed by atoms with E-state index in [0.717, 1.165) is 27.7 Å². The Balaban J connectivity index is 1.90. The second kappa shape index (κ2) is 6.95. The molecule has 1 aromatic heterocycles. The van der Waals surface area contributed by atoms with Crippen molar-refractivity contribution in [1.82, 2.24) is 10.3 Å². The van der Waals surface area contributed by atoms with Gasteiger partial charge in [-0.05, 0) is 36.1 Å². The minimum Gasteiger partial charge on any atom is -0.271 e. The zero-order valence-electron chi connectivity index (χ0n) is 12.5. The highest BCUT2D eigenvalue weighted by molar-refractivity contribution is 8.13. The fourth-order valence-electron chi connectivity index (χ4n) is 2.25. The lowest BCUT2D eigenvalue weighted by Gasteiger charge is -2.05. The first-order chi connectivity index (χ1) is 11.3. The molecule has 4 nitrogen and oxygen atoms in total. The molecule has 0 spiro atoms. The van der Waals surface area contributed by atoms with Gasteiger partial charge in [0.15, 0.2) is 11.4 Å². The molecular formula is C18H14N4S. The lowest BCUT2D eigenvalue weighted by Crippen LogP contribution is -2.12. The van der Waals surface area contributed by atoms with Crippen molar-refractivity contribution >= 4 is 33.5 Å². The lowest BCUT2D eigenvalue weighted by atomic mass is 10.1. The number of nitriles is 1. The average Bonchev–Trinajstić information content (AvgIpc) is 2.61. The van der Waals surface area contributed by atoms with Gasteiger partial charge in [-0.3, -0.25) is 10.3 Å². The minimum absolute atomic E-state index is 0.577. The number of thioether (sulfide) groups is 1.